The van der Waals surface area contributed by atoms with Crippen LogP contribution in [0, 0.1) is 6.92 Å². The third-order valence-corrected chi connectivity index (χ3v) is 4.29. The minimum atomic E-state index is -0.372. The van der Waals surface area contributed by atoms with Crippen LogP contribution in [0.15, 0.2) is 24.3 Å². The van der Waals surface area contributed by atoms with Crippen molar-refractivity contribution in [1.82, 2.24) is 10.6 Å². The molecule has 0 spiro atoms. The molecule has 1 aromatic rings. The van der Waals surface area contributed by atoms with Crippen LogP contribution in [0.5, 0.6) is 0 Å². The van der Waals surface area contributed by atoms with Gasteiger partial charge in [-0.05, 0) is 25.3 Å². The predicted molar refractivity (Wildman–Crippen MR) is 100 cm³/mol. The molecule has 0 radical (unpaired) electrons. The maximum atomic E-state index is 12.2. The van der Waals surface area contributed by atoms with Gasteiger partial charge in [0, 0.05) is 19.0 Å². The molecule has 0 saturated carbocycles. The first-order valence-electron chi connectivity index (χ1n) is 8.19. The number of aryl methyl sites for hydroxylation is 1. The molecule has 5 nitrogen and oxygen atoms in total. The fourth-order valence-corrected chi connectivity index (χ4v) is 2.33. The zero-order valence-electron chi connectivity index (χ0n) is 15.0. The summed E-state index contributed by atoms with van der Waals surface area (Å²) in [4.78, 5) is 23.7. The Morgan fingerprint density at radius 1 is 1.17 bits per heavy atom. The predicted octanol–water partition coefficient (Wildman–Crippen LogP) is 2.62. The summed E-state index contributed by atoms with van der Waals surface area (Å²) in [5, 5.41) is 5.74. The second kappa shape index (κ2) is 10.3. The number of carbonyl (C=O) groups is 2. The molecule has 0 fully saturated rings. The third-order valence-electron chi connectivity index (χ3n) is 4.29. The van der Waals surface area contributed by atoms with E-state index in [2.05, 4.69) is 10.6 Å². The van der Waals surface area contributed by atoms with Crippen molar-refractivity contribution in [3.8, 4) is 0 Å². The Hall–Kier alpha value is -1.59. The minimum Gasteiger partial charge on any atom is -0.354 e. The van der Waals surface area contributed by atoms with Crippen molar-refractivity contribution >= 4 is 24.2 Å². The monoisotopic (exact) mass is 355 g/mol. The Morgan fingerprint density at radius 2 is 1.71 bits per heavy atom. The molecule has 1 atom stereocenters. The van der Waals surface area contributed by atoms with Gasteiger partial charge in [0.2, 0.25) is 11.8 Å². The number of nitrogens with two attached hydrogens (primary N) is 1. The SMILES string of the molecule is CCC(N)(CC)CNC(=O)CC(NC(C)=O)c1ccc(C)cc1.Cl. The lowest BCUT2D eigenvalue weighted by Crippen LogP contribution is -2.49. The Balaban J connectivity index is 0.00000529. The molecule has 0 aliphatic rings. The minimum absolute atomic E-state index is 0. The quantitative estimate of drug-likeness (QED) is 0.670. The summed E-state index contributed by atoms with van der Waals surface area (Å²) in [6, 6.07) is 7.49. The van der Waals surface area contributed by atoms with Gasteiger partial charge in [0.25, 0.3) is 0 Å². The smallest absolute Gasteiger partial charge is 0.222 e. The van der Waals surface area contributed by atoms with Crippen LogP contribution in [0.25, 0.3) is 0 Å². The zero-order chi connectivity index (χ0) is 17.5. The summed E-state index contributed by atoms with van der Waals surface area (Å²) in [7, 11) is 0. The van der Waals surface area contributed by atoms with Gasteiger partial charge in [-0.2, -0.15) is 0 Å². The number of nitrogens with one attached hydrogen (secondary N) is 2. The maximum absolute atomic E-state index is 12.2. The van der Waals surface area contributed by atoms with Gasteiger partial charge in [-0.1, -0.05) is 43.7 Å². The summed E-state index contributed by atoms with van der Waals surface area (Å²) in [6.45, 7) is 7.93. The van der Waals surface area contributed by atoms with Crippen molar-refractivity contribution in [2.45, 2.75) is 58.5 Å². The van der Waals surface area contributed by atoms with Gasteiger partial charge >= 0.3 is 0 Å². The van der Waals surface area contributed by atoms with E-state index in [-0.39, 0.29) is 42.2 Å². The molecule has 136 valence electrons. The van der Waals surface area contributed by atoms with Crippen molar-refractivity contribution < 1.29 is 9.59 Å². The summed E-state index contributed by atoms with van der Waals surface area (Å²) in [5.41, 5.74) is 7.89. The fourth-order valence-electron chi connectivity index (χ4n) is 2.33. The molecule has 24 heavy (non-hydrogen) atoms. The molecule has 1 rings (SSSR count). The first-order chi connectivity index (χ1) is 10.8. The van der Waals surface area contributed by atoms with Crippen LogP contribution < -0.4 is 16.4 Å². The average molecular weight is 356 g/mol. The van der Waals surface area contributed by atoms with Crippen molar-refractivity contribution in [2.24, 2.45) is 5.73 Å². The van der Waals surface area contributed by atoms with E-state index in [1.54, 1.807) is 0 Å². The number of carbonyl (C=O) groups excluding carboxylic acids is 2. The highest BCUT2D eigenvalue weighted by molar-refractivity contribution is 5.85. The van der Waals surface area contributed by atoms with E-state index in [0.717, 1.165) is 24.0 Å². The molecule has 1 aromatic carbocycles. The normalized spacial score (nSPS) is 12.0. The standard InChI is InChI=1S/C18H29N3O2.ClH/c1-5-18(19,6-2)12-20-17(23)11-16(21-14(4)22)15-9-7-13(3)8-10-15;/h7-10,16H,5-6,11-12,19H2,1-4H3,(H,20,23)(H,21,22);1H. The van der Waals surface area contributed by atoms with Gasteiger partial charge in [-0.3, -0.25) is 9.59 Å². The number of amides is 2. The molecule has 2 amide bonds. The molecule has 0 heterocycles. The lowest BCUT2D eigenvalue weighted by atomic mass is 9.94. The van der Waals surface area contributed by atoms with E-state index >= 15 is 0 Å². The van der Waals surface area contributed by atoms with Gasteiger partial charge in [-0.25, -0.2) is 0 Å². The molecule has 0 saturated heterocycles. The highest BCUT2D eigenvalue weighted by Crippen LogP contribution is 2.18. The van der Waals surface area contributed by atoms with Crippen molar-refractivity contribution in [1.29, 1.82) is 0 Å². The number of hydrogen-bond acceptors (Lipinski definition) is 3. The van der Waals surface area contributed by atoms with Crippen molar-refractivity contribution in [3.05, 3.63) is 35.4 Å². The number of hydrogen-bond donors (Lipinski definition) is 3. The molecule has 0 aliphatic heterocycles. The highest BCUT2D eigenvalue weighted by Gasteiger charge is 2.22. The van der Waals surface area contributed by atoms with Crippen LogP contribution in [0.2, 0.25) is 0 Å². The van der Waals surface area contributed by atoms with Crippen molar-refractivity contribution in [3.63, 3.8) is 0 Å². The van der Waals surface area contributed by atoms with E-state index < -0.39 is 0 Å². The van der Waals surface area contributed by atoms with Gasteiger partial charge in [-0.15, -0.1) is 12.4 Å². The molecule has 0 aromatic heterocycles. The second-order valence-corrected chi connectivity index (χ2v) is 6.21. The van der Waals surface area contributed by atoms with E-state index in [4.69, 9.17) is 5.73 Å². The summed E-state index contributed by atoms with van der Waals surface area (Å²) in [6.07, 6.45) is 1.81. The second-order valence-electron chi connectivity index (χ2n) is 6.21. The topological polar surface area (TPSA) is 84.2 Å². The molecule has 0 aliphatic carbocycles. The molecule has 4 N–H and O–H groups in total. The van der Waals surface area contributed by atoms with Crippen molar-refractivity contribution in [2.75, 3.05) is 6.54 Å². The third kappa shape index (κ3) is 7.32. The maximum Gasteiger partial charge on any atom is 0.222 e. The summed E-state index contributed by atoms with van der Waals surface area (Å²) >= 11 is 0. The Labute approximate surface area is 151 Å². The van der Waals surface area contributed by atoms with Crippen LogP contribution in [-0.4, -0.2) is 23.9 Å². The van der Waals surface area contributed by atoms with Crippen LogP contribution in [-0.2, 0) is 9.59 Å². The van der Waals surface area contributed by atoms with E-state index in [1.165, 1.54) is 6.92 Å². The van der Waals surface area contributed by atoms with Crippen LogP contribution in [0.4, 0.5) is 0 Å². The lowest BCUT2D eigenvalue weighted by Gasteiger charge is -2.27. The Morgan fingerprint density at radius 3 is 2.17 bits per heavy atom. The van der Waals surface area contributed by atoms with Gasteiger partial charge in [0.05, 0.1) is 12.5 Å². The first-order valence-corrected chi connectivity index (χ1v) is 8.19. The number of benzene rings is 1. The van der Waals surface area contributed by atoms with Gasteiger partial charge in [0.15, 0.2) is 0 Å². The van der Waals surface area contributed by atoms with E-state index in [1.807, 2.05) is 45.0 Å². The van der Waals surface area contributed by atoms with Gasteiger partial charge in [0.1, 0.15) is 0 Å². The van der Waals surface area contributed by atoms with E-state index in [9.17, 15) is 9.59 Å². The molecule has 1 unspecified atom stereocenters. The van der Waals surface area contributed by atoms with Gasteiger partial charge < -0.3 is 16.4 Å². The molecule has 6 heteroatoms. The number of halogens is 1. The molecule has 0 bridgehead atoms. The average Bonchev–Trinajstić information content (AvgIpc) is 2.52. The summed E-state index contributed by atoms with van der Waals surface area (Å²) in [5.74, 6) is -0.264. The highest BCUT2D eigenvalue weighted by atomic mass is 35.5. The molecular weight excluding hydrogens is 326 g/mol. The Bertz CT molecular complexity index is 528. The Kier molecular flexibility index (Phi) is 9.63. The van der Waals surface area contributed by atoms with Crippen LogP contribution in [0.1, 0.15) is 57.2 Å². The zero-order valence-corrected chi connectivity index (χ0v) is 15.8. The largest absolute Gasteiger partial charge is 0.354 e. The fraction of sp³-hybridized carbons (Fsp3) is 0.556. The van der Waals surface area contributed by atoms with Crippen LogP contribution in [0.3, 0.4) is 0 Å². The van der Waals surface area contributed by atoms with Crippen LogP contribution >= 0.6 is 12.4 Å². The lowest BCUT2D eigenvalue weighted by molar-refractivity contribution is -0.123. The van der Waals surface area contributed by atoms with E-state index in [0.29, 0.717) is 6.54 Å². The first kappa shape index (κ1) is 22.4. The number of rotatable bonds is 8. The molecular formula is C18H30ClN3O2. The summed E-state index contributed by atoms with van der Waals surface area (Å²) < 4.78 is 0.